The molecule has 178 valence electrons. The number of hydrogen-bond acceptors (Lipinski definition) is 5. The maximum Gasteiger partial charge on any atom is 0.254 e. The van der Waals surface area contributed by atoms with Crippen LogP contribution in [0.1, 0.15) is 50.7 Å². The molecule has 1 aliphatic heterocycles. The van der Waals surface area contributed by atoms with Gasteiger partial charge in [-0.15, -0.1) is 0 Å². The molecule has 1 saturated heterocycles. The van der Waals surface area contributed by atoms with Gasteiger partial charge in [-0.05, 0) is 43.5 Å². The molecule has 10 heteroatoms. The van der Waals surface area contributed by atoms with Gasteiger partial charge < -0.3 is 21.5 Å². The largest absolute Gasteiger partial charge is 0.383 e. The maximum absolute atomic E-state index is 15.1. The first-order valence-corrected chi connectivity index (χ1v) is 10.9. The van der Waals surface area contributed by atoms with Crippen molar-refractivity contribution in [3.8, 4) is 11.3 Å². The predicted octanol–water partition coefficient (Wildman–Crippen LogP) is 3.10. The molecule has 1 fully saturated rings. The molecule has 5 N–H and O–H groups in total. The molecule has 0 aliphatic carbocycles. The van der Waals surface area contributed by atoms with Gasteiger partial charge in [0.1, 0.15) is 28.7 Å². The summed E-state index contributed by atoms with van der Waals surface area (Å²) in [5.41, 5.74) is 12.2. The second-order valence-corrected chi connectivity index (χ2v) is 8.21. The van der Waals surface area contributed by atoms with Crippen LogP contribution in [0.4, 0.5) is 14.6 Å². The molecular formula is C24H25F2N5O3. The molecule has 1 unspecified atom stereocenters. The van der Waals surface area contributed by atoms with Gasteiger partial charge >= 0.3 is 0 Å². The second kappa shape index (κ2) is 9.60. The van der Waals surface area contributed by atoms with E-state index in [1.165, 1.54) is 4.68 Å². The van der Waals surface area contributed by atoms with Crippen molar-refractivity contribution in [1.82, 2.24) is 15.1 Å². The zero-order valence-electron chi connectivity index (χ0n) is 18.6. The highest BCUT2D eigenvalue weighted by atomic mass is 19.1. The fourth-order valence-electron chi connectivity index (χ4n) is 4.08. The average molecular weight is 469 g/mol. The summed E-state index contributed by atoms with van der Waals surface area (Å²) in [5, 5.41) is 6.91. The molecule has 0 saturated carbocycles. The number of amides is 2. The van der Waals surface area contributed by atoms with Gasteiger partial charge in [0, 0.05) is 29.8 Å². The van der Waals surface area contributed by atoms with Crippen LogP contribution in [0.25, 0.3) is 11.3 Å². The molecule has 0 spiro atoms. The maximum atomic E-state index is 15.1. The van der Waals surface area contributed by atoms with Crippen LogP contribution in [0.5, 0.6) is 0 Å². The highest BCUT2D eigenvalue weighted by molar-refractivity contribution is 6.03. The van der Waals surface area contributed by atoms with E-state index in [2.05, 4.69) is 10.4 Å². The quantitative estimate of drug-likeness (QED) is 0.512. The summed E-state index contributed by atoms with van der Waals surface area (Å²) in [6, 6.07) is 8.60. The van der Waals surface area contributed by atoms with Crippen LogP contribution in [0.2, 0.25) is 0 Å². The van der Waals surface area contributed by atoms with Crippen LogP contribution in [0.3, 0.4) is 0 Å². The number of nitrogens with two attached hydrogens (primary N) is 2. The number of nitrogens with zero attached hydrogens (tertiary/aromatic N) is 2. The van der Waals surface area contributed by atoms with Crippen LogP contribution in [-0.2, 0) is 11.3 Å². The molecule has 8 nitrogen and oxygen atoms in total. The molecule has 3 aromatic rings. The normalized spacial score (nSPS) is 15.8. The van der Waals surface area contributed by atoms with E-state index in [1.807, 2.05) is 0 Å². The van der Waals surface area contributed by atoms with Crippen LogP contribution >= 0.6 is 0 Å². The second-order valence-electron chi connectivity index (χ2n) is 8.21. The van der Waals surface area contributed by atoms with Crippen LogP contribution < -0.4 is 16.8 Å². The lowest BCUT2D eigenvalue weighted by molar-refractivity contribution is 0.0558. The van der Waals surface area contributed by atoms with E-state index in [1.54, 1.807) is 31.2 Å². The van der Waals surface area contributed by atoms with Crippen molar-refractivity contribution in [2.75, 3.05) is 18.9 Å². The summed E-state index contributed by atoms with van der Waals surface area (Å²) < 4.78 is 36.9. The zero-order valence-corrected chi connectivity index (χ0v) is 18.6. The third-order valence-electron chi connectivity index (χ3n) is 5.90. The predicted molar refractivity (Wildman–Crippen MR) is 122 cm³/mol. The van der Waals surface area contributed by atoms with Crippen molar-refractivity contribution < 1.29 is 23.1 Å². The Labute approximate surface area is 194 Å². The van der Waals surface area contributed by atoms with Crippen molar-refractivity contribution in [2.24, 2.45) is 5.73 Å². The van der Waals surface area contributed by atoms with Gasteiger partial charge in [-0.2, -0.15) is 5.10 Å². The highest BCUT2D eigenvalue weighted by Crippen LogP contribution is 2.33. The summed E-state index contributed by atoms with van der Waals surface area (Å²) in [6.07, 6.45) is 1.48. The van der Waals surface area contributed by atoms with Crippen molar-refractivity contribution in [3.63, 3.8) is 0 Å². The van der Waals surface area contributed by atoms with Crippen LogP contribution in [-0.4, -0.2) is 34.8 Å². The average Bonchev–Trinajstić information content (AvgIpc) is 3.17. The molecule has 34 heavy (non-hydrogen) atoms. The molecule has 2 heterocycles. The number of aryl methyl sites for hydroxylation is 1. The van der Waals surface area contributed by atoms with Crippen molar-refractivity contribution in [3.05, 3.63) is 70.3 Å². The minimum Gasteiger partial charge on any atom is -0.383 e. The summed E-state index contributed by atoms with van der Waals surface area (Å²) in [6.45, 7) is 2.49. The number of carbonyl (C=O) groups excluding carboxylic acids is 2. The van der Waals surface area contributed by atoms with Crippen molar-refractivity contribution in [1.29, 1.82) is 0 Å². The Morgan fingerprint density at radius 1 is 1.24 bits per heavy atom. The Morgan fingerprint density at radius 2 is 2.00 bits per heavy atom. The third kappa shape index (κ3) is 4.49. The Bertz CT molecular complexity index is 1250. The molecule has 4 rings (SSSR count). The minimum atomic E-state index is -0.898. The number of hydrogen-bond donors (Lipinski definition) is 3. The fourth-order valence-corrected chi connectivity index (χ4v) is 4.08. The zero-order chi connectivity index (χ0) is 24.4. The molecule has 1 atom stereocenters. The number of nitrogens with one attached hydrogen (secondary N) is 1. The Hall–Kier alpha value is -3.79. The Morgan fingerprint density at radius 3 is 2.68 bits per heavy atom. The monoisotopic (exact) mass is 469 g/mol. The van der Waals surface area contributed by atoms with E-state index in [0.717, 1.165) is 24.1 Å². The Kier molecular flexibility index (Phi) is 6.60. The first-order chi connectivity index (χ1) is 16.3. The number of halogens is 2. The van der Waals surface area contributed by atoms with E-state index in [4.69, 9.17) is 16.2 Å². The topological polar surface area (TPSA) is 125 Å². The van der Waals surface area contributed by atoms with E-state index in [-0.39, 0.29) is 40.8 Å². The molecule has 1 aromatic heterocycles. The number of ether oxygens (including phenoxy) is 1. The van der Waals surface area contributed by atoms with Crippen LogP contribution in [0.15, 0.2) is 36.4 Å². The number of nitrogen functional groups attached to an aromatic ring is 1. The van der Waals surface area contributed by atoms with E-state index >= 15 is 4.39 Å². The molecule has 0 radical (unpaired) electrons. The molecular weight excluding hydrogens is 444 g/mol. The highest BCUT2D eigenvalue weighted by Gasteiger charge is 2.28. The molecule has 1 aliphatic rings. The van der Waals surface area contributed by atoms with Gasteiger partial charge in [-0.25, -0.2) is 13.5 Å². The minimum absolute atomic E-state index is 0.0209. The molecule has 2 aromatic carbocycles. The van der Waals surface area contributed by atoms with Crippen LogP contribution in [0, 0.1) is 18.6 Å². The molecule has 2 amide bonds. The van der Waals surface area contributed by atoms with Crippen molar-refractivity contribution >= 4 is 17.6 Å². The summed E-state index contributed by atoms with van der Waals surface area (Å²) in [4.78, 5) is 24.5. The third-order valence-corrected chi connectivity index (χ3v) is 5.90. The van der Waals surface area contributed by atoms with Gasteiger partial charge in [0.15, 0.2) is 0 Å². The standard InChI is InChI=1S/C24H25F2N5O3/c1-13-5-2-3-7-16(13)24(33)29-11-14-9-19(26)17(10-18(14)25)21-20(23(28)32)22(27)31(30-21)15-6-4-8-34-12-15/h2-3,5,7,9-10,15H,4,6,8,11-12,27H2,1H3,(H2,28,32)(H,29,33). The SMILES string of the molecule is Cc1ccccc1C(=O)NCc1cc(F)c(-c2nn(C3CCCOC3)c(N)c2C(N)=O)cc1F. The van der Waals surface area contributed by atoms with Gasteiger partial charge in [0.25, 0.3) is 11.8 Å². The number of carbonyl (C=O) groups is 2. The molecule has 0 bridgehead atoms. The van der Waals surface area contributed by atoms with E-state index in [0.29, 0.717) is 25.2 Å². The number of rotatable bonds is 6. The van der Waals surface area contributed by atoms with Gasteiger partial charge in [-0.3, -0.25) is 9.59 Å². The van der Waals surface area contributed by atoms with Gasteiger partial charge in [0.05, 0.1) is 12.6 Å². The van der Waals surface area contributed by atoms with Gasteiger partial charge in [-0.1, -0.05) is 18.2 Å². The number of aromatic nitrogens is 2. The lowest BCUT2D eigenvalue weighted by atomic mass is 10.0. The van der Waals surface area contributed by atoms with E-state index < -0.39 is 23.4 Å². The lowest BCUT2D eigenvalue weighted by Gasteiger charge is -2.23. The van der Waals surface area contributed by atoms with Gasteiger partial charge in [0.2, 0.25) is 0 Å². The first-order valence-electron chi connectivity index (χ1n) is 10.9. The summed E-state index contributed by atoms with van der Waals surface area (Å²) in [7, 11) is 0. The summed E-state index contributed by atoms with van der Waals surface area (Å²) in [5.74, 6) is -2.92. The summed E-state index contributed by atoms with van der Waals surface area (Å²) >= 11 is 0. The van der Waals surface area contributed by atoms with Crippen molar-refractivity contribution in [2.45, 2.75) is 32.4 Å². The number of anilines is 1. The van der Waals surface area contributed by atoms with E-state index in [9.17, 15) is 14.0 Å². The smallest absolute Gasteiger partial charge is 0.254 e. The Balaban J connectivity index is 1.63. The number of primary amides is 1. The fraction of sp³-hybridized carbons (Fsp3) is 0.292. The number of benzene rings is 2. The lowest BCUT2D eigenvalue weighted by Crippen LogP contribution is -2.24. The first kappa shape index (κ1) is 23.4.